The first-order chi connectivity index (χ1) is 9.63. The molecule has 1 amide bonds. The van der Waals surface area contributed by atoms with E-state index in [9.17, 15) is 4.79 Å². The Bertz CT molecular complexity index is 578. The maximum atomic E-state index is 12.0. The number of nitrogens with one attached hydrogen (secondary N) is 1. The van der Waals surface area contributed by atoms with Crippen molar-refractivity contribution in [3.05, 3.63) is 36.0 Å². The first kappa shape index (κ1) is 14.3. The molecule has 0 radical (unpaired) electrons. The molecular formula is C15H18N2O3. The lowest BCUT2D eigenvalue weighted by molar-refractivity contribution is -0.126. The van der Waals surface area contributed by atoms with Gasteiger partial charge in [0.25, 0.3) is 5.91 Å². The predicted octanol–water partition coefficient (Wildman–Crippen LogP) is 3.01. The van der Waals surface area contributed by atoms with Crippen LogP contribution < -0.4 is 5.32 Å². The average Bonchev–Trinajstić information content (AvgIpc) is 2.81. The third-order valence-electron chi connectivity index (χ3n) is 2.93. The van der Waals surface area contributed by atoms with E-state index in [0.29, 0.717) is 23.7 Å². The van der Waals surface area contributed by atoms with Crippen LogP contribution in [0.25, 0.3) is 11.3 Å². The molecule has 0 saturated heterocycles. The number of carbonyl (C=O) groups excluding carboxylic acids is 1. The maximum absolute atomic E-state index is 12.0. The second-order valence-corrected chi connectivity index (χ2v) is 4.42. The van der Waals surface area contributed by atoms with Gasteiger partial charge in [-0.2, -0.15) is 0 Å². The summed E-state index contributed by atoms with van der Waals surface area (Å²) in [5, 5.41) is 6.74. The number of ether oxygens (including phenoxy) is 1. The zero-order valence-corrected chi connectivity index (χ0v) is 11.8. The van der Waals surface area contributed by atoms with Gasteiger partial charge in [-0.3, -0.25) is 4.79 Å². The van der Waals surface area contributed by atoms with Crippen LogP contribution in [0.2, 0.25) is 0 Å². The summed E-state index contributed by atoms with van der Waals surface area (Å²) in [6, 6.07) is 9.54. The summed E-state index contributed by atoms with van der Waals surface area (Å²) in [4.78, 5) is 12.0. The number of aromatic nitrogens is 1. The van der Waals surface area contributed by atoms with Crippen LogP contribution in [0.5, 0.6) is 0 Å². The van der Waals surface area contributed by atoms with Crippen LogP contribution in [0.4, 0.5) is 5.69 Å². The zero-order valence-electron chi connectivity index (χ0n) is 11.8. The Morgan fingerprint density at radius 2 is 2.10 bits per heavy atom. The van der Waals surface area contributed by atoms with Gasteiger partial charge >= 0.3 is 0 Å². The van der Waals surface area contributed by atoms with E-state index in [-0.39, 0.29) is 5.91 Å². The molecule has 5 nitrogen and oxygen atoms in total. The average molecular weight is 274 g/mol. The lowest BCUT2D eigenvalue weighted by atomic mass is 10.1. The minimum Gasteiger partial charge on any atom is -0.369 e. The fourth-order valence-corrected chi connectivity index (χ4v) is 1.85. The molecule has 1 heterocycles. The Kier molecular flexibility index (Phi) is 4.53. The van der Waals surface area contributed by atoms with Gasteiger partial charge in [-0.05, 0) is 20.8 Å². The minimum atomic E-state index is -0.516. The van der Waals surface area contributed by atoms with Crippen LogP contribution in [0.15, 0.2) is 34.9 Å². The summed E-state index contributed by atoms with van der Waals surface area (Å²) in [5.74, 6) is 0.343. The maximum Gasteiger partial charge on any atom is 0.253 e. The number of hydrogen-bond donors (Lipinski definition) is 1. The summed E-state index contributed by atoms with van der Waals surface area (Å²) in [6.07, 6.45) is -0.516. The highest BCUT2D eigenvalue weighted by molar-refractivity contribution is 5.97. The fraction of sp³-hybridized carbons (Fsp3) is 0.333. The van der Waals surface area contributed by atoms with Crippen LogP contribution in [0.1, 0.15) is 19.5 Å². The molecule has 2 aromatic rings. The Labute approximate surface area is 117 Å². The van der Waals surface area contributed by atoms with Gasteiger partial charge in [0.1, 0.15) is 17.5 Å². The second kappa shape index (κ2) is 6.34. The third kappa shape index (κ3) is 3.05. The molecule has 0 spiro atoms. The summed E-state index contributed by atoms with van der Waals surface area (Å²) >= 11 is 0. The number of nitrogens with zero attached hydrogens (tertiary/aromatic N) is 1. The van der Waals surface area contributed by atoms with Crippen molar-refractivity contribution in [1.82, 2.24) is 5.16 Å². The normalized spacial score (nSPS) is 12.2. The van der Waals surface area contributed by atoms with Crippen molar-refractivity contribution >= 4 is 11.6 Å². The first-order valence-corrected chi connectivity index (χ1v) is 6.57. The highest BCUT2D eigenvalue weighted by Gasteiger charge is 2.20. The first-order valence-electron chi connectivity index (χ1n) is 6.57. The van der Waals surface area contributed by atoms with E-state index in [1.165, 1.54) is 0 Å². The zero-order chi connectivity index (χ0) is 14.5. The molecule has 0 aliphatic heterocycles. The van der Waals surface area contributed by atoms with Gasteiger partial charge in [0, 0.05) is 12.2 Å². The van der Waals surface area contributed by atoms with Crippen molar-refractivity contribution in [3.8, 4) is 11.3 Å². The van der Waals surface area contributed by atoms with Crippen molar-refractivity contribution in [2.45, 2.75) is 26.9 Å². The van der Waals surface area contributed by atoms with Crippen LogP contribution in [-0.4, -0.2) is 23.8 Å². The minimum absolute atomic E-state index is 0.213. The molecule has 0 aliphatic carbocycles. The van der Waals surface area contributed by atoms with E-state index in [4.69, 9.17) is 9.26 Å². The number of hydrogen-bond acceptors (Lipinski definition) is 4. The van der Waals surface area contributed by atoms with E-state index < -0.39 is 6.10 Å². The highest BCUT2D eigenvalue weighted by Crippen LogP contribution is 2.30. The van der Waals surface area contributed by atoms with Gasteiger partial charge in [-0.1, -0.05) is 35.5 Å². The number of benzene rings is 1. The van der Waals surface area contributed by atoms with Gasteiger partial charge in [0.05, 0.1) is 0 Å². The van der Waals surface area contributed by atoms with E-state index in [1.54, 1.807) is 13.8 Å². The quantitative estimate of drug-likeness (QED) is 0.910. The van der Waals surface area contributed by atoms with Crippen LogP contribution >= 0.6 is 0 Å². The molecule has 0 aliphatic rings. The number of anilines is 1. The summed E-state index contributed by atoms with van der Waals surface area (Å²) in [5.41, 5.74) is 2.10. The van der Waals surface area contributed by atoms with Crippen molar-refractivity contribution < 1.29 is 14.1 Å². The monoisotopic (exact) mass is 274 g/mol. The molecule has 0 bridgehead atoms. The van der Waals surface area contributed by atoms with Crippen LogP contribution in [0, 0.1) is 6.92 Å². The lowest BCUT2D eigenvalue weighted by Gasteiger charge is -2.12. The topological polar surface area (TPSA) is 64.4 Å². The number of aryl methyl sites for hydroxylation is 1. The Hall–Kier alpha value is -2.14. The van der Waals surface area contributed by atoms with E-state index in [0.717, 1.165) is 5.56 Å². The van der Waals surface area contributed by atoms with Gasteiger partial charge in [-0.25, -0.2) is 0 Å². The smallest absolute Gasteiger partial charge is 0.253 e. The molecule has 1 atom stereocenters. The van der Waals surface area contributed by atoms with E-state index in [1.807, 2.05) is 37.3 Å². The SMILES string of the molecule is CCOC(C)C(=O)Nc1c(C)noc1-c1ccccc1. The number of rotatable bonds is 5. The second-order valence-electron chi connectivity index (χ2n) is 4.42. The summed E-state index contributed by atoms with van der Waals surface area (Å²) in [7, 11) is 0. The van der Waals surface area contributed by atoms with Crippen molar-refractivity contribution in [2.24, 2.45) is 0 Å². The van der Waals surface area contributed by atoms with Crippen LogP contribution in [0.3, 0.4) is 0 Å². The molecule has 1 aromatic heterocycles. The van der Waals surface area contributed by atoms with Crippen molar-refractivity contribution in [1.29, 1.82) is 0 Å². The van der Waals surface area contributed by atoms with Gasteiger partial charge < -0.3 is 14.6 Å². The molecule has 1 aromatic carbocycles. The molecule has 1 unspecified atom stereocenters. The summed E-state index contributed by atoms with van der Waals surface area (Å²) < 4.78 is 10.6. The molecule has 2 rings (SSSR count). The predicted molar refractivity (Wildman–Crippen MR) is 76.4 cm³/mol. The van der Waals surface area contributed by atoms with Crippen LogP contribution in [-0.2, 0) is 9.53 Å². The molecule has 106 valence electrons. The third-order valence-corrected chi connectivity index (χ3v) is 2.93. The molecular weight excluding hydrogens is 256 g/mol. The molecule has 0 saturated carbocycles. The molecule has 0 fully saturated rings. The lowest BCUT2D eigenvalue weighted by Crippen LogP contribution is -2.28. The summed E-state index contributed by atoms with van der Waals surface area (Å²) in [6.45, 7) is 5.84. The Morgan fingerprint density at radius 1 is 1.40 bits per heavy atom. The van der Waals surface area contributed by atoms with E-state index in [2.05, 4.69) is 10.5 Å². The van der Waals surface area contributed by atoms with E-state index >= 15 is 0 Å². The largest absolute Gasteiger partial charge is 0.369 e. The van der Waals surface area contributed by atoms with Crippen molar-refractivity contribution in [3.63, 3.8) is 0 Å². The highest BCUT2D eigenvalue weighted by atomic mass is 16.5. The number of carbonyl (C=O) groups is 1. The number of amides is 1. The molecule has 20 heavy (non-hydrogen) atoms. The fourth-order valence-electron chi connectivity index (χ4n) is 1.85. The Morgan fingerprint density at radius 3 is 2.75 bits per heavy atom. The molecule has 5 heteroatoms. The Balaban J connectivity index is 2.24. The van der Waals surface area contributed by atoms with Crippen molar-refractivity contribution in [2.75, 3.05) is 11.9 Å². The van der Waals surface area contributed by atoms with Gasteiger partial charge in [-0.15, -0.1) is 0 Å². The molecule has 1 N–H and O–H groups in total. The standard InChI is InChI=1S/C15H18N2O3/c1-4-19-11(3)15(18)16-13-10(2)17-20-14(13)12-8-6-5-7-9-12/h5-9,11H,4H2,1-3H3,(H,16,18). The van der Waals surface area contributed by atoms with Gasteiger partial charge in [0.2, 0.25) is 0 Å². The van der Waals surface area contributed by atoms with Gasteiger partial charge in [0.15, 0.2) is 5.76 Å².